The van der Waals surface area contributed by atoms with Gasteiger partial charge in [0.1, 0.15) is 0 Å². The van der Waals surface area contributed by atoms with Crippen LogP contribution in [0, 0.1) is 0 Å². The largest absolute Gasteiger partial charge is 0.489 e. The fraction of sp³-hybridized carbons (Fsp3) is 1.00. The Morgan fingerprint density at radius 3 is 0.644 bits per heavy atom. The number of alkyl halides is 21. The first-order valence-corrected chi connectivity index (χ1v) is 19.9. The Hall–Kier alpha value is -1.36. The van der Waals surface area contributed by atoms with Crippen LogP contribution in [0.25, 0.3) is 0 Å². The molecule has 0 saturated carbocycles. The van der Waals surface area contributed by atoms with Crippen LogP contribution in [-0.4, -0.2) is 70.9 Å². The molecule has 0 aromatic heterocycles. The Morgan fingerprint density at radius 2 is 0.492 bits per heavy atom. The van der Waals surface area contributed by atoms with Gasteiger partial charge in [-0.2, -0.15) is 79.0 Å². The van der Waals surface area contributed by atoms with E-state index in [2.05, 4.69) is 13.6 Å². The highest BCUT2D eigenvalue weighted by Crippen LogP contribution is 2.69. The summed E-state index contributed by atoms with van der Waals surface area (Å²) in [5, 5.41) is 0. The molecule has 26 heteroatoms. The van der Waals surface area contributed by atoms with Crippen LogP contribution in [0.4, 0.5) is 92.2 Å². The normalized spacial score (nSPS) is 18.9. The van der Waals surface area contributed by atoms with E-state index in [1.54, 1.807) is 0 Å². The first-order valence-electron chi connectivity index (χ1n) is 18.4. The zero-order chi connectivity index (χ0) is 47.2. The number of phosphoric acid groups is 1. The maximum Gasteiger partial charge on any atom is 0.489 e. The summed E-state index contributed by atoms with van der Waals surface area (Å²) < 4.78 is 338. The molecule has 0 rings (SSSR count). The van der Waals surface area contributed by atoms with Gasteiger partial charge < -0.3 is 0 Å². The monoisotopic (exact) mass is 938 g/mol. The third-order valence-corrected chi connectivity index (χ3v) is 10.7. The molecule has 0 N–H and O–H groups in total. The second-order valence-electron chi connectivity index (χ2n) is 14.2. The number of hydrogen-bond donors (Lipinski definition) is 0. The number of unbranched alkanes of at least 4 members (excludes halogenated alkanes) is 3. The van der Waals surface area contributed by atoms with Crippen molar-refractivity contribution < 1.29 is 110 Å². The fourth-order valence-electron chi connectivity index (χ4n) is 5.92. The van der Waals surface area contributed by atoms with E-state index in [1.807, 2.05) is 0 Å². The minimum atomic E-state index is -9.41. The van der Waals surface area contributed by atoms with E-state index in [9.17, 15) is 4.57 Å². The molecule has 0 radical (unpaired) electrons. The smallest absolute Gasteiger partial charge is 0.237 e. The number of phosphoric ester groups is 1. The SMILES string of the molecule is CCCCC(F)(CCC)C(F)(F)C(F)(F)C(F)(F)OP(=O)(OC(F)(F)C(F)(F)C(F)(F)C(F)(CCC)CCCC)OC(F)(F)C(F)(F)C(F)(F)C(F)(CCC)CCCC. The third-order valence-electron chi connectivity index (χ3n) is 9.37. The summed E-state index contributed by atoms with van der Waals surface area (Å²) in [5.41, 5.74) is -14.5. The van der Waals surface area contributed by atoms with Gasteiger partial charge in [0.2, 0.25) is 0 Å². The quantitative estimate of drug-likeness (QED) is 0.0532. The molecule has 59 heavy (non-hydrogen) atoms. The molecule has 0 saturated heterocycles. The zero-order valence-corrected chi connectivity index (χ0v) is 33.5. The van der Waals surface area contributed by atoms with Crippen molar-refractivity contribution >= 4 is 7.82 Å². The van der Waals surface area contributed by atoms with Crippen LogP contribution in [0.2, 0.25) is 0 Å². The highest BCUT2D eigenvalue weighted by molar-refractivity contribution is 7.48. The molecule has 0 aliphatic rings. The second-order valence-corrected chi connectivity index (χ2v) is 15.6. The van der Waals surface area contributed by atoms with Crippen LogP contribution in [0.15, 0.2) is 0 Å². The molecule has 3 atom stereocenters. The van der Waals surface area contributed by atoms with Gasteiger partial charge in [-0.25, -0.2) is 31.3 Å². The second kappa shape index (κ2) is 19.6. The van der Waals surface area contributed by atoms with Crippen LogP contribution < -0.4 is 0 Å². The molecule has 4 nitrogen and oxygen atoms in total. The van der Waals surface area contributed by atoms with E-state index >= 15 is 92.2 Å². The van der Waals surface area contributed by atoms with Crippen molar-refractivity contribution in [3.63, 3.8) is 0 Å². The standard InChI is InChI=1S/C33H48F21O4P/c1-7-13-19-22(34,16-10-4)25(37,38)28(43,44)31(49,50)56-59(55,57-32(51,52)29(45,46)26(39,40)23(35,17-11-5)20-14-8-2)58-33(53,54)30(47,48)27(41,42)24(36,18-12-6)21-15-9-3/h7-21H2,1-6H3. The van der Waals surface area contributed by atoms with Gasteiger partial charge in [-0.15, -0.1) is 0 Å². The van der Waals surface area contributed by atoms with Crippen LogP contribution >= 0.6 is 7.82 Å². The molecule has 0 amide bonds. The summed E-state index contributed by atoms with van der Waals surface area (Å²) in [4.78, 5) is 0. The van der Waals surface area contributed by atoms with Gasteiger partial charge in [-0.05, 0) is 38.5 Å². The maximum absolute atomic E-state index is 15.4. The number of hydrogen-bond acceptors (Lipinski definition) is 4. The molecule has 0 fully saturated rings. The van der Waals surface area contributed by atoms with Gasteiger partial charge >= 0.3 is 61.7 Å². The molecule has 0 bridgehead atoms. The first-order chi connectivity index (χ1) is 26.2. The number of halogens is 21. The van der Waals surface area contributed by atoms with E-state index in [0.717, 1.165) is 41.5 Å². The summed E-state index contributed by atoms with van der Waals surface area (Å²) in [5.74, 6) is -44.1. The summed E-state index contributed by atoms with van der Waals surface area (Å²) in [7, 11) is -9.41. The molecule has 0 aliphatic heterocycles. The molecule has 0 aromatic carbocycles. The predicted molar refractivity (Wildman–Crippen MR) is 170 cm³/mol. The van der Waals surface area contributed by atoms with Crippen LogP contribution in [0.3, 0.4) is 0 Å². The lowest BCUT2D eigenvalue weighted by Gasteiger charge is -2.43. The van der Waals surface area contributed by atoms with Crippen molar-refractivity contribution in [2.45, 2.75) is 209 Å². The minimum absolute atomic E-state index is 0.323. The Kier molecular flexibility index (Phi) is 19.1. The molecular weight excluding hydrogens is 890 g/mol. The lowest BCUT2D eigenvalue weighted by atomic mass is 9.83. The van der Waals surface area contributed by atoms with Crippen LogP contribution in [0.1, 0.15) is 138 Å². The topological polar surface area (TPSA) is 44.8 Å². The maximum atomic E-state index is 15.4. The third kappa shape index (κ3) is 10.9. The molecule has 0 heterocycles. The lowest BCUT2D eigenvalue weighted by molar-refractivity contribution is -0.427. The molecule has 0 aromatic rings. The highest BCUT2D eigenvalue weighted by atomic mass is 31.2. The molecular formula is C33H48F21O4P. The summed E-state index contributed by atoms with van der Waals surface area (Å²) >= 11 is 0. The Morgan fingerprint density at radius 1 is 0.305 bits per heavy atom. The van der Waals surface area contributed by atoms with E-state index in [-0.39, 0.29) is 19.3 Å². The average molecular weight is 939 g/mol. The van der Waals surface area contributed by atoms with E-state index in [0.29, 0.717) is 0 Å². The highest BCUT2D eigenvalue weighted by Gasteiger charge is 2.86. The van der Waals surface area contributed by atoms with Crippen molar-refractivity contribution in [1.82, 2.24) is 0 Å². The van der Waals surface area contributed by atoms with Gasteiger partial charge in [-0.3, -0.25) is 0 Å². The molecule has 3 unspecified atom stereocenters. The van der Waals surface area contributed by atoms with Gasteiger partial charge in [0, 0.05) is 0 Å². The molecule has 356 valence electrons. The van der Waals surface area contributed by atoms with Crippen molar-refractivity contribution in [2.24, 2.45) is 0 Å². The fourth-order valence-corrected chi connectivity index (χ4v) is 7.22. The zero-order valence-electron chi connectivity index (χ0n) is 32.6. The van der Waals surface area contributed by atoms with E-state index in [1.165, 1.54) is 0 Å². The first kappa shape index (κ1) is 57.6. The van der Waals surface area contributed by atoms with Crippen molar-refractivity contribution in [1.29, 1.82) is 0 Å². The van der Waals surface area contributed by atoms with Gasteiger partial charge in [0.05, 0.1) is 0 Å². The Labute approximate surface area is 327 Å². The molecule has 0 aliphatic carbocycles. The Bertz CT molecular complexity index is 1210. The average Bonchev–Trinajstić information content (AvgIpc) is 3.07. The molecule has 0 spiro atoms. The van der Waals surface area contributed by atoms with Gasteiger partial charge in [0.25, 0.3) is 0 Å². The van der Waals surface area contributed by atoms with Gasteiger partial charge in [0.15, 0.2) is 17.0 Å². The summed E-state index contributed by atoms with van der Waals surface area (Å²) in [6, 6.07) is 0. The van der Waals surface area contributed by atoms with Crippen LogP contribution in [-0.2, 0) is 18.1 Å². The Balaban J connectivity index is 8.07. The van der Waals surface area contributed by atoms with E-state index in [4.69, 9.17) is 0 Å². The van der Waals surface area contributed by atoms with Crippen LogP contribution in [0.5, 0.6) is 0 Å². The number of rotatable bonds is 30. The van der Waals surface area contributed by atoms with E-state index < -0.39 is 156 Å². The lowest BCUT2D eigenvalue weighted by Crippen LogP contribution is -2.66. The van der Waals surface area contributed by atoms with Gasteiger partial charge in [-0.1, -0.05) is 99.3 Å². The minimum Gasteiger partial charge on any atom is -0.237 e. The predicted octanol–water partition coefficient (Wildman–Crippen LogP) is 15.8. The van der Waals surface area contributed by atoms with Crippen molar-refractivity contribution in [3.8, 4) is 0 Å². The van der Waals surface area contributed by atoms with Crippen molar-refractivity contribution in [2.75, 3.05) is 0 Å². The van der Waals surface area contributed by atoms with Crippen molar-refractivity contribution in [3.05, 3.63) is 0 Å². The summed E-state index contributed by atoms with van der Waals surface area (Å²) in [6.45, 7) is 5.84. The summed E-state index contributed by atoms with van der Waals surface area (Å²) in [6.07, 6.45) is -40.4.